The van der Waals surface area contributed by atoms with Crippen LogP contribution in [0.2, 0.25) is 0 Å². The molecule has 0 aliphatic carbocycles. The molecule has 6 nitrogen and oxygen atoms in total. The Hall–Kier alpha value is -3.26. The van der Waals surface area contributed by atoms with E-state index in [1.54, 1.807) is 42.5 Å². The van der Waals surface area contributed by atoms with Crippen molar-refractivity contribution in [3.8, 4) is 5.75 Å². The molecule has 0 radical (unpaired) electrons. The summed E-state index contributed by atoms with van der Waals surface area (Å²) in [5.74, 6) is -0.390. The number of thiazole rings is 1. The van der Waals surface area contributed by atoms with E-state index in [4.69, 9.17) is 4.74 Å². The highest BCUT2D eigenvalue weighted by Crippen LogP contribution is 2.29. The molecule has 0 saturated carbocycles. The van der Waals surface area contributed by atoms with Crippen LogP contribution in [0.5, 0.6) is 5.75 Å². The van der Waals surface area contributed by atoms with Gasteiger partial charge in [0.2, 0.25) is 11.8 Å². The molecule has 2 aromatic carbocycles. The molecule has 1 aromatic heterocycles. The molecule has 1 fully saturated rings. The lowest BCUT2D eigenvalue weighted by Gasteiger charge is -2.17. The van der Waals surface area contributed by atoms with Crippen LogP contribution in [0.4, 0.5) is 15.2 Å². The van der Waals surface area contributed by atoms with Crippen LogP contribution in [0.3, 0.4) is 0 Å². The Morgan fingerprint density at radius 1 is 1.30 bits per heavy atom. The van der Waals surface area contributed by atoms with E-state index in [9.17, 15) is 14.0 Å². The lowest BCUT2D eigenvalue weighted by Crippen LogP contribution is -2.28. The van der Waals surface area contributed by atoms with Crippen LogP contribution < -0.4 is 15.0 Å². The number of halogens is 1. The number of ether oxygens (including phenoxy) is 1. The number of nitrogens with one attached hydrogen (secondary N) is 1. The van der Waals surface area contributed by atoms with Gasteiger partial charge in [0, 0.05) is 42.2 Å². The van der Waals surface area contributed by atoms with Crippen molar-refractivity contribution in [3.63, 3.8) is 0 Å². The molecule has 1 aliphatic heterocycles. The lowest BCUT2D eigenvalue weighted by atomic mass is 10.1. The zero-order valence-corrected chi connectivity index (χ0v) is 17.1. The molecule has 0 spiro atoms. The van der Waals surface area contributed by atoms with Crippen molar-refractivity contribution in [3.05, 3.63) is 71.0 Å². The molecular formula is C22H20FN3O3S. The number of carbonyl (C=O) groups excluding carboxylic acids is 2. The molecule has 4 rings (SSSR count). The molecule has 2 heterocycles. The molecule has 30 heavy (non-hydrogen) atoms. The predicted molar refractivity (Wildman–Crippen MR) is 113 cm³/mol. The van der Waals surface area contributed by atoms with Crippen LogP contribution in [-0.4, -0.2) is 30.5 Å². The van der Waals surface area contributed by atoms with Gasteiger partial charge in [-0.3, -0.25) is 9.59 Å². The number of carbonyl (C=O) groups is 2. The van der Waals surface area contributed by atoms with E-state index >= 15 is 0 Å². The maximum absolute atomic E-state index is 13.0. The van der Waals surface area contributed by atoms with Gasteiger partial charge in [0.15, 0.2) is 5.13 Å². The van der Waals surface area contributed by atoms with Crippen molar-refractivity contribution in [1.29, 1.82) is 0 Å². The Balaban J connectivity index is 1.38. The van der Waals surface area contributed by atoms with E-state index in [1.807, 2.05) is 12.1 Å². The Bertz CT molecular complexity index is 1070. The first-order valence-corrected chi connectivity index (χ1v) is 10.3. The van der Waals surface area contributed by atoms with E-state index in [0.29, 0.717) is 29.5 Å². The second-order valence-electron chi connectivity index (χ2n) is 7.03. The van der Waals surface area contributed by atoms with E-state index in [1.165, 1.54) is 23.5 Å². The quantitative estimate of drug-likeness (QED) is 0.651. The number of amides is 2. The highest BCUT2D eigenvalue weighted by molar-refractivity contribution is 7.15. The number of benzene rings is 2. The molecule has 154 valence electrons. The summed E-state index contributed by atoms with van der Waals surface area (Å²) in [7, 11) is 1.57. The van der Waals surface area contributed by atoms with Gasteiger partial charge in [-0.15, -0.1) is 11.3 Å². The molecule has 0 unspecified atom stereocenters. The standard InChI is InChI=1S/C22H20FN3O3S/c1-29-18-4-2-3-17(11-18)26-13-15(10-20(26)27)21(28)25-22-24-12-19(30-22)9-14-5-7-16(23)8-6-14/h2-8,11-12,15H,9-10,13H2,1H3,(H,24,25,28)/t15-/m0/s1. The number of hydrogen-bond donors (Lipinski definition) is 1. The summed E-state index contributed by atoms with van der Waals surface area (Å²) >= 11 is 1.37. The average molecular weight is 425 g/mol. The van der Waals surface area contributed by atoms with Crippen molar-refractivity contribution in [2.45, 2.75) is 12.8 Å². The van der Waals surface area contributed by atoms with Crippen LogP contribution in [0.15, 0.2) is 54.7 Å². The maximum Gasteiger partial charge on any atom is 0.231 e. The first kappa shape index (κ1) is 20.0. The van der Waals surface area contributed by atoms with Gasteiger partial charge in [-0.25, -0.2) is 9.37 Å². The lowest BCUT2D eigenvalue weighted by molar-refractivity contribution is -0.122. The Morgan fingerprint density at radius 3 is 2.87 bits per heavy atom. The summed E-state index contributed by atoms with van der Waals surface area (Å²) in [6.07, 6.45) is 2.46. The zero-order chi connectivity index (χ0) is 21.1. The van der Waals surface area contributed by atoms with Crippen LogP contribution in [-0.2, 0) is 16.0 Å². The van der Waals surface area contributed by atoms with E-state index in [-0.39, 0.29) is 24.1 Å². The number of aromatic nitrogens is 1. The maximum atomic E-state index is 13.0. The van der Waals surface area contributed by atoms with Crippen LogP contribution in [0, 0.1) is 11.7 Å². The monoisotopic (exact) mass is 425 g/mol. The van der Waals surface area contributed by atoms with Crippen LogP contribution in [0.1, 0.15) is 16.9 Å². The molecular weight excluding hydrogens is 405 g/mol. The molecule has 1 N–H and O–H groups in total. The summed E-state index contributed by atoms with van der Waals surface area (Å²) in [6.45, 7) is 0.311. The number of methoxy groups -OCH3 is 1. The Morgan fingerprint density at radius 2 is 2.10 bits per heavy atom. The van der Waals surface area contributed by atoms with E-state index in [0.717, 1.165) is 10.4 Å². The predicted octanol–water partition coefficient (Wildman–Crippen LogP) is 3.87. The third-order valence-electron chi connectivity index (χ3n) is 4.94. The van der Waals surface area contributed by atoms with E-state index < -0.39 is 5.92 Å². The zero-order valence-electron chi connectivity index (χ0n) is 16.3. The summed E-state index contributed by atoms with van der Waals surface area (Å²) in [4.78, 5) is 31.9. The number of anilines is 2. The first-order valence-electron chi connectivity index (χ1n) is 9.46. The van der Waals surface area contributed by atoms with Crippen molar-refractivity contribution >= 4 is 34.0 Å². The van der Waals surface area contributed by atoms with Gasteiger partial charge < -0.3 is 15.0 Å². The van der Waals surface area contributed by atoms with Crippen molar-refractivity contribution in [1.82, 2.24) is 4.98 Å². The third-order valence-corrected chi connectivity index (χ3v) is 5.85. The van der Waals surface area contributed by atoms with Gasteiger partial charge in [0.25, 0.3) is 0 Å². The Kier molecular flexibility index (Phi) is 5.76. The van der Waals surface area contributed by atoms with Gasteiger partial charge in [-0.2, -0.15) is 0 Å². The third kappa shape index (κ3) is 4.49. The molecule has 3 aromatic rings. The normalized spacial score (nSPS) is 16.0. The smallest absolute Gasteiger partial charge is 0.231 e. The first-order chi connectivity index (χ1) is 14.5. The van der Waals surface area contributed by atoms with E-state index in [2.05, 4.69) is 10.3 Å². The number of hydrogen-bond acceptors (Lipinski definition) is 5. The fourth-order valence-electron chi connectivity index (χ4n) is 3.37. The van der Waals surface area contributed by atoms with Gasteiger partial charge in [0.1, 0.15) is 11.6 Å². The van der Waals surface area contributed by atoms with Gasteiger partial charge in [0.05, 0.1) is 13.0 Å². The second kappa shape index (κ2) is 8.62. The fourth-order valence-corrected chi connectivity index (χ4v) is 4.22. The van der Waals surface area contributed by atoms with Gasteiger partial charge in [-0.1, -0.05) is 18.2 Å². The summed E-state index contributed by atoms with van der Waals surface area (Å²) < 4.78 is 18.2. The van der Waals surface area contributed by atoms with Gasteiger partial charge >= 0.3 is 0 Å². The van der Waals surface area contributed by atoms with Crippen molar-refractivity contribution < 1.29 is 18.7 Å². The fraction of sp³-hybridized carbons (Fsp3) is 0.227. The minimum absolute atomic E-state index is 0.0976. The van der Waals surface area contributed by atoms with Gasteiger partial charge in [-0.05, 0) is 29.8 Å². The number of nitrogens with zero attached hydrogens (tertiary/aromatic N) is 2. The molecule has 1 atom stereocenters. The van der Waals surface area contributed by atoms with Crippen LogP contribution in [0.25, 0.3) is 0 Å². The minimum Gasteiger partial charge on any atom is -0.497 e. The highest BCUT2D eigenvalue weighted by atomic mass is 32.1. The Labute approximate surface area is 177 Å². The van der Waals surface area contributed by atoms with Crippen molar-refractivity contribution in [2.24, 2.45) is 5.92 Å². The SMILES string of the molecule is COc1cccc(N2C[C@@H](C(=O)Nc3ncc(Cc4ccc(F)cc4)s3)CC2=O)c1. The average Bonchev–Trinajstić information content (AvgIpc) is 3.36. The summed E-state index contributed by atoms with van der Waals surface area (Å²) in [6, 6.07) is 13.5. The molecule has 1 aliphatic rings. The molecule has 1 saturated heterocycles. The highest BCUT2D eigenvalue weighted by Gasteiger charge is 2.35. The number of rotatable bonds is 6. The molecule has 2 amide bonds. The topological polar surface area (TPSA) is 71.5 Å². The molecule has 0 bridgehead atoms. The van der Waals surface area contributed by atoms with Crippen LogP contribution >= 0.6 is 11.3 Å². The molecule has 8 heteroatoms. The largest absolute Gasteiger partial charge is 0.497 e. The second-order valence-corrected chi connectivity index (χ2v) is 8.15. The summed E-state index contributed by atoms with van der Waals surface area (Å²) in [5, 5.41) is 3.31. The van der Waals surface area contributed by atoms with Crippen molar-refractivity contribution in [2.75, 3.05) is 23.9 Å². The minimum atomic E-state index is -0.451. The summed E-state index contributed by atoms with van der Waals surface area (Å²) in [5.41, 5.74) is 1.68.